The summed E-state index contributed by atoms with van der Waals surface area (Å²) in [7, 11) is 0. The molecule has 2 nitrogen and oxygen atoms in total. The summed E-state index contributed by atoms with van der Waals surface area (Å²) in [6.07, 6.45) is 1.66. The Morgan fingerprint density at radius 2 is 2.10 bits per heavy atom. The fourth-order valence-electron chi connectivity index (χ4n) is 0.682. The quantitative estimate of drug-likeness (QED) is 0.600. The van der Waals surface area contributed by atoms with Crippen LogP contribution in [0.3, 0.4) is 0 Å². The minimum Gasteiger partial charge on any atom is -0.392 e. The fraction of sp³-hybridized carbons (Fsp3) is 0.625. The summed E-state index contributed by atoms with van der Waals surface area (Å²) in [5.74, 6) is 0.0170. The van der Waals surface area contributed by atoms with Crippen LogP contribution in [-0.4, -0.2) is 17.5 Å². The van der Waals surface area contributed by atoms with Crippen molar-refractivity contribution in [2.24, 2.45) is 5.92 Å². The van der Waals surface area contributed by atoms with Gasteiger partial charge in [-0.1, -0.05) is 19.9 Å². The first-order valence-electron chi connectivity index (χ1n) is 3.43. The third-order valence-electron chi connectivity index (χ3n) is 1.36. The Bertz CT molecular complexity index is 145. The second-order valence-electron chi connectivity index (χ2n) is 2.49. The van der Waals surface area contributed by atoms with Crippen molar-refractivity contribution in [2.75, 3.05) is 6.61 Å². The molecule has 0 spiro atoms. The van der Waals surface area contributed by atoms with E-state index in [0.29, 0.717) is 5.57 Å². The van der Waals surface area contributed by atoms with E-state index in [9.17, 15) is 4.79 Å². The predicted molar refractivity (Wildman–Crippen MR) is 40.7 cm³/mol. The Balaban J connectivity index is 4.18. The van der Waals surface area contributed by atoms with Gasteiger partial charge in [-0.3, -0.25) is 4.79 Å². The molecule has 0 aromatic heterocycles. The lowest BCUT2D eigenvalue weighted by atomic mass is 10.0. The average molecular weight is 142 g/mol. The van der Waals surface area contributed by atoms with Gasteiger partial charge in [0.05, 0.1) is 6.61 Å². The van der Waals surface area contributed by atoms with Gasteiger partial charge in [-0.05, 0) is 6.92 Å². The number of ketones is 1. The van der Waals surface area contributed by atoms with Crippen molar-refractivity contribution < 1.29 is 9.90 Å². The van der Waals surface area contributed by atoms with Crippen LogP contribution in [0, 0.1) is 5.92 Å². The monoisotopic (exact) mass is 142 g/mol. The number of Topliss-reactive ketones (excluding diaryl/α,β-unsaturated/α-hetero) is 1. The first kappa shape index (κ1) is 9.37. The molecule has 0 radical (unpaired) electrons. The molecule has 0 aliphatic heterocycles. The van der Waals surface area contributed by atoms with E-state index in [2.05, 4.69) is 0 Å². The summed E-state index contributed by atoms with van der Waals surface area (Å²) in [4.78, 5) is 11.1. The SMILES string of the molecule is C/C=C(/CO)C(=O)C(C)C. The van der Waals surface area contributed by atoms with Crippen molar-refractivity contribution in [2.45, 2.75) is 20.8 Å². The van der Waals surface area contributed by atoms with Crippen molar-refractivity contribution in [1.29, 1.82) is 0 Å². The van der Waals surface area contributed by atoms with Crippen LogP contribution in [0.25, 0.3) is 0 Å². The second-order valence-corrected chi connectivity index (χ2v) is 2.49. The van der Waals surface area contributed by atoms with Crippen molar-refractivity contribution in [3.63, 3.8) is 0 Å². The van der Waals surface area contributed by atoms with Crippen LogP contribution in [0.15, 0.2) is 11.6 Å². The number of hydrogen-bond acceptors (Lipinski definition) is 2. The standard InChI is InChI=1S/C8H14O2/c1-4-7(5-9)8(10)6(2)3/h4,6,9H,5H2,1-3H3/b7-4-. The zero-order chi connectivity index (χ0) is 8.15. The van der Waals surface area contributed by atoms with E-state index in [-0.39, 0.29) is 18.3 Å². The first-order chi connectivity index (χ1) is 4.63. The first-order valence-corrected chi connectivity index (χ1v) is 3.43. The maximum atomic E-state index is 11.1. The summed E-state index contributed by atoms with van der Waals surface area (Å²) in [6, 6.07) is 0. The zero-order valence-corrected chi connectivity index (χ0v) is 6.72. The van der Waals surface area contributed by atoms with Gasteiger partial charge in [-0.2, -0.15) is 0 Å². The highest BCUT2D eigenvalue weighted by Gasteiger charge is 2.10. The maximum Gasteiger partial charge on any atom is 0.163 e. The summed E-state index contributed by atoms with van der Waals surface area (Å²) < 4.78 is 0. The zero-order valence-electron chi connectivity index (χ0n) is 6.72. The molecule has 0 aromatic rings. The molecule has 0 heterocycles. The van der Waals surface area contributed by atoms with Crippen molar-refractivity contribution >= 4 is 5.78 Å². The number of carbonyl (C=O) groups is 1. The summed E-state index contributed by atoms with van der Waals surface area (Å²) in [5.41, 5.74) is 0.509. The third kappa shape index (κ3) is 2.31. The van der Waals surface area contributed by atoms with Gasteiger partial charge in [-0.25, -0.2) is 0 Å². The molecule has 0 aromatic carbocycles. The average Bonchev–Trinajstić information content (AvgIpc) is 1.90. The normalized spacial score (nSPS) is 12.3. The Labute approximate surface area is 61.6 Å². The van der Waals surface area contributed by atoms with Gasteiger partial charge in [-0.15, -0.1) is 0 Å². The van der Waals surface area contributed by atoms with Gasteiger partial charge >= 0.3 is 0 Å². The molecule has 0 atom stereocenters. The van der Waals surface area contributed by atoms with Crippen LogP contribution < -0.4 is 0 Å². The highest BCUT2D eigenvalue weighted by molar-refractivity contribution is 5.96. The van der Waals surface area contributed by atoms with Crippen LogP contribution in [0.5, 0.6) is 0 Å². The highest BCUT2D eigenvalue weighted by atomic mass is 16.3. The number of hydrogen-bond donors (Lipinski definition) is 1. The molecule has 10 heavy (non-hydrogen) atoms. The molecule has 0 bridgehead atoms. The molecule has 0 aliphatic rings. The van der Waals surface area contributed by atoms with E-state index in [1.165, 1.54) is 0 Å². The van der Waals surface area contributed by atoms with Crippen molar-refractivity contribution in [1.82, 2.24) is 0 Å². The van der Waals surface area contributed by atoms with Crippen molar-refractivity contribution in [3.8, 4) is 0 Å². The lowest BCUT2D eigenvalue weighted by Crippen LogP contribution is -2.12. The number of rotatable bonds is 3. The predicted octanol–water partition coefficient (Wildman–Crippen LogP) is 1.15. The van der Waals surface area contributed by atoms with Gasteiger partial charge in [0.15, 0.2) is 5.78 Å². The van der Waals surface area contributed by atoms with Crippen LogP contribution in [0.4, 0.5) is 0 Å². The van der Waals surface area contributed by atoms with Crippen LogP contribution in [0.1, 0.15) is 20.8 Å². The van der Waals surface area contributed by atoms with Gasteiger partial charge < -0.3 is 5.11 Å². The molecule has 0 saturated carbocycles. The number of carbonyl (C=O) groups excluding carboxylic acids is 1. The lowest BCUT2D eigenvalue weighted by Gasteiger charge is -2.04. The van der Waals surface area contributed by atoms with E-state index < -0.39 is 0 Å². The molecule has 0 saturated heterocycles. The molecule has 0 amide bonds. The van der Waals surface area contributed by atoms with E-state index in [4.69, 9.17) is 5.11 Å². The van der Waals surface area contributed by atoms with Crippen LogP contribution in [-0.2, 0) is 4.79 Å². The Morgan fingerprint density at radius 1 is 1.60 bits per heavy atom. The molecule has 0 rings (SSSR count). The molecule has 0 fully saturated rings. The van der Waals surface area contributed by atoms with E-state index in [1.807, 2.05) is 13.8 Å². The Morgan fingerprint density at radius 3 is 2.20 bits per heavy atom. The smallest absolute Gasteiger partial charge is 0.163 e. The van der Waals surface area contributed by atoms with Gasteiger partial charge in [0.1, 0.15) is 0 Å². The molecule has 58 valence electrons. The van der Waals surface area contributed by atoms with Gasteiger partial charge in [0, 0.05) is 11.5 Å². The third-order valence-corrected chi connectivity index (χ3v) is 1.36. The molecule has 0 aliphatic carbocycles. The Hall–Kier alpha value is -0.630. The van der Waals surface area contributed by atoms with Crippen molar-refractivity contribution in [3.05, 3.63) is 11.6 Å². The summed E-state index contributed by atoms with van der Waals surface area (Å²) >= 11 is 0. The van der Waals surface area contributed by atoms with Crippen LogP contribution in [0.2, 0.25) is 0 Å². The molecule has 2 heteroatoms. The topological polar surface area (TPSA) is 37.3 Å². The van der Waals surface area contributed by atoms with E-state index in [0.717, 1.165) is 0 Å². The lowest BCUT2D eigenvalue weighted by molar-refractivity contribution is -0.118. The minimum atomic E-state index is -0.145. The molecule has 0 unspecified atom stereocenters. The van der Waals surface area contributed by atoms with E-state index in [1.54, 1.807) is 13.0 Å². The second kappa shape index (κ2) is 4.23. The van der Waals surface area contributed by atoms with Gasteiger partial charge in [0.2, 0.25) is 0 Å². The maximum absolute atomic E-state index is 11.1. The Kier molecular flexibility index (Phi) is 3.96. The summed E-state index contributed by atoms with van der Waals surface area (Å²) in [5, 5.41) is 8.66. The largest absolute Gasteiger partial charge is 0.392 e. The molecular weight excluding hydrogens is 128 g/mol. The minimum absolute atomic E-state index is 0.0154. The summed E-state index contributed by atoms with van der Waals surface area (Å²) in [6.45, 7) is 5.25. The fourth-order valence-corrected chi connectivity index (χ4v) is 0.682. The van der Waals surface area contributed by atoms with E-state index >= 15 is 0 Å². The van der Waals surface area contributed by atoms with Gasteiger partial charge in [0.25, 0.3) is 0 Å². The number of aliphatic hydroxyl groups excluding tert-OH is 1. The number of aliphatic hydroxyl groups is 1. The molecule has 1 N–H and O–H groups in total. The highest BCUT2D eigenvalue weighted by Crippen LogP contribution is 2.04. The van der Waals surface area contributed by atoms with Crippen LogP contribution >= 0.6 is 0 Å². The number of allylic oxidation sites excluding steroid dienone is 1. The molecular formula is C8H14O2.